The standard InChI is InChI=1S/C11H14O4S/c1-15-7-8-16(13,14)9-11(12)10-5-3-2-4-6-10/h2-6H,7-9H2,1H3. The van der Waals surface area contributed by atoms with E-state index in [0.29, 0.717) is 5.56 Å². The summed E-state index contributed by atoms with van der Waals surface area (Å²) >= 11 is 0. The zero-order valence-electron chi connectivity index (χ0n) is 9.05. The first-order chi connectivity index (χ1) is 7.55. The van der Waals surface area contributed by atoms with Crippen LogP contribution in [0.4, 0.5) is 0 Å². The van der Waals surface area contributed by atoms with Crippen LogP contribution >= 0.6 is 0 Å². The average Bonchev–Trinajstić information content (AvgIpc) is 2.27. The van der Waals surface area contributed by atoms with Crippen molar-refractivity contribution in [2.45, 2.75) is 0 Å². The number of benzene rings is 1. The lowest BCUT2D eigenvalue weighted by atomic mass is 10.2. The van der Waals surface area contributed by atoms with Gasteiger partial charge in [0, 0.05) is 12.7 Å². The Balaban J connectivity index is 2.65. The molecule has 0 aromatic heterocycles. The number of methoxy groups -OCH3 is 1. The van der Waals surface area contributed by atoms with E-state index >= 15 is 0 Å². The molecule has 0 saturated heterocycles. The Hall–Kier alpha value is -1.20. The molecule has 4 nitrogen and oxygen atoms in total. The van der Waals surface area contributed by atoms with Gasteiger partial charge in [-0.25, -0.2) is 8.42 Å². The number of sulfone groups is 1. The summed E-state index contributed by atoms with van der Waals surface area (Å²) in [5.41, 5.74) is 0.420. The molecule has 16 heavy (non-hydrogen) atoms. The molecule has 1 aromatic rings. The number of hydrogen-bond acceptors (Lipinski definition) is 4. The van der Waals surface area contributed by atoms with Gasteiger partial charge in [0.25, 0.3) is 0 Å². The minimum Gasteiger partial charge on any atom is -0.384 e. The van der Waals surface area contributed by atoms with Crippen molar-refractivity contribution in [1.82, 2.24) is 0 Å². The first-order valence-corrected chi connectivity index (χ1v) is 6.65. The molecule has 0 bridgehead atoms. The van der Waals surface area contributed by atoms with E-state index in [1.54, 1.807) is 30.3 Å². The van der Waals surface area contributed by atoms with Crippen molar-refractivity contribution in [3.05, 3.63) is 35.9 Å². The van der Waals surface area contributed by atoms with Crippen LogP contribution in [0.25, 0.3) is 0 Å². The first kappa shape index (κ1) is 12.9. The molecule has 0 radical (unpaired) electrons. The van der Waals surface area contributed by atoms with E-state index in [9.17, 15) is 13.2 Å². The fraction of sp³-hybridized carbons (Fsp3) is 0.364. The summed E-state index contributed by atoms with van der Waals surface area (Å²) in [5.74, 6) is -0.959. The monoisotopic (exact) mass is 242 g/mol. The van der Waals surface area contributed by atoms with Crippen LogP contribution in [0, 0.1) is 0 Å². The van der Waals surface area contributed by atoms with Crippen molar-refractivity contribution in [2.75, 3.05) is 25.2 Å². The second-order valence-electron chi connectivity index (χ2n) is 3.37. The highest BCUT2D eigenvalue weighted by Crippen LogP contribution is 2.03. The lowest BCUT2D eigenvalue weighted by Crippen LogP contribution is -2.21. The Morgan fingerprint density at radius 3 is 2.44 bits per heavy atom. The molecule has 5 heteroatoms. The molecular formula is C11H14O4S. The van der Waals surface area contributed by atoms with E-state index in [1.807, 2.05) is 0 Å². The third-order valence-electron chi connectivity index (χ3n) is 2.05. The summed E-state index contributed by atoms with van der Waals surface area (Å²) in [7, 11) is -1.94. The van der Waals surface area contributed by atoms with Crippen molar-refractivity contribution < 1.29 is 17.9 Å². The Kier molecular flexibility index (Phi) is 4.64. The molecule has 0 heterocycles. The normalized spacial score (nSPS) is 11.3. The van der Waals surface area contributed by atoms with E-state index in [4.69, 9.17) is 0 Å². The van der Waals surface area contributed by atoms with Gasteiger partial charge in [-0.15, -0.1) is 0 Å². The van der Waals surface area contributed by atoms with Crippen molar-refractivity contribution in [3.8, 4) is 0 Å². The van der Waals surface area contributed by atoms with Gasteiger partial charge in [-0.3, -0.25) is 4.79 Å². The largest absolute Gasteiger partial charge is 0.384 e. The summed E-state index contributed by atoms with van der Waals surface area (Å²) < 4.78 is 27.6. The van der Waals surface area contributed by atoms with Crippen LogP contribution in [0.1, 0.15) is 10.4 Å². The van der Waals surface area contributed by atoms with Crippen LogP contribution in [0.2, 0.25) is 0 Å². The highest BCUT2D eigenvalue weighted by Gasteiger charge is 2.17. The molecule has 0 aliphatic heterocycles. The van der Waals surface area contributed by atoms with Gasteiger partial charge >= 0.3 is 0 Å². The topological polar surface area (TPSA) is 60.4 Å². The van der Waals surface area contributed by atoms with Gasteiger partial charge < -0.3 is 4.74 Å². The Morgan fingerprint density at radius 2 is 1.88 bits per heavy atom. The number of rotatable bonds is 6. The quantitative estimate of drug-likeness (QED) is 0.696. The maximum Gasteiger partial charge on any atom is 0.177 e. The molecule has 88 valence electrons. The summed E-state index contributed by atoms with van der Waals surface area (Å²) in [6, 6.07) is 8.39. The third-order valence-corrected chi connectivity index (χ3v) is 3.54. The zero-order valence-corrected chi connectivity index (χ0v) is 9.87. The third kappa shape index (κ3) is 4.12. The van der Waals surface area contributed by atoms with Gasteiger partial charge in [-0.05, 0) is 0 Å². The number of Topliss-reactive ketones (excluding diaryl/α,β-unsaturated/α-hetero) is 1. The van der Waals surface area contributed by atoms with Gasteiger partial charge in [0.05, 0.1) is 12.4 Å². The van der Waals surface area contributed by atoms with Gasteiger partial charge in [0.15, 0.2) is 15.6 Å². The van der Waals surface area contributed by atoms with E-state index in [-0.39, 0.29) is 18.1 Å². The lowest BCUT2D eigenvalue weighted by molar-refractivity contribution is 0.102. The summed E-state index contributed by atoms with van der Waals surface area (Å²) in [5, 5.41) is 0. The molecule has 0 fully saturated rings. The van der Waals surface area contributed by atoms with Gasteiger partial charge in [0.1, 0.15) is 5.75 Å². The molecule has 0 spiro atoms. The van der Waals surface area contributed by atoms with E-state index < -0.39 is 15.6 Å². The molecule has 1 rings (SSSR count). The number of carbonyl (C=O) groups is 1. The zero-order chi connectivity index (χ0) is 12.0. The Morgan fingerprint density at radius 1 is 1.25 bits per heavy atom. The minimum absolute atomic E-state index is 0.115. The van der Waals surface area contributed by atoms with E-state index in [1.165, 1.54) is 7.11 Å². The Bertz CT molecular complexity index is 436. The van der Waals surface area contributed by atoms with Crippen molar-refractivity contribution in [1.29, 1.82) is 0 Å². The summed E-state index contributed by atoms with van der Waals surface area (Å²) in [6.07, 6.45) is 0. The molecule has 0 aliphatic rings. The smallest absolute Gasteiger partial charge is 0.177 e. The van der Waals surface area contributed by atoms with Crippen LogP contribution < -0.4 is 0 Å². The number of ketones is 1. The second-order valence-corrected chi connectivity index (χ2v) is 5.56. The summed E-state index contributed by atoms with van der Waals surface area (Å²) in [6.45, 7) is 0.115. The van der Waals surface area contributed by atoms with Gasteiger partial charge in [-0.1, -0.05) is 30.3 Å². The number of carbonyl (C=O) groups excluding carboxylic acids is 1. The molecule has 0 unspecified atom stereocenters. The van der Waals surface area contributed by atoms with E-state index in [0.717, 1.165) is 0 Å². The molecule has 0 aliphatic carbocycles. The minimum atomic E-state index is -3.37. The number of ether oxygens (including phenoxy) is 1. The fourth-order valence-electron chi connectivity index (χ4n) is 1.19. The molecule has 0 N–H and O–H groups in total. The summed E-state index contributed by atoms with van der Waals surface area (Å²) in [4.78, 5) is 11.6. The Labute approximate surface area is 95.2 Å². The SMILES string of the molecule is COCCS(=O)(=O)CC(=O)c1ccccc1. The van der Waals surface area contributed by atoms with Crippen molar-refractivity contribution in [2.24, 2.45) is 0 Å². The van der Waals surface area contributed by atoms with Crippen LogP contribution in [-0.4, -0.2) is 39.4 Å². The molecular weight excluding hydrogens is 228 g/mol. The predicted molar refractivity (Wildman–Crippen MR) is 61.3 cm³/mol. The maximum atomic E-state index is 11.6. The first-order valence-electron chi connectivity index (χ1n) is 4.83. The maximum absolute atomic E-state index is 11.6. The molecule has 1 aromatic carbocycles. The van der Waals surface area contributed by atoms with Crippen molar-refractivity contribution in [3.63, 3.8) is 0 Å². The van der Waals surface area contributed by atoms with Crippen molar-refractivity contribution >= 4 is 15.6 Å². The van der Waals surface area contributed by atoms with Gasteiger partial charge in [-0.2, -0.15) is 0 Å². The van der Waals surface area contributed by atoms with Crippen LogP contribution in [-0.2, 0) is 14.6 Å². The highest BCUT2D eigenvalue weighted by molar-refractivity contribution is 7.92. The fourth-order valence-corrected chi connectivity index (χ4v) is 2.32. The molecule has 0 atom stereocenters. The van der Waals surface area contributed by atoms with Crippen LogP contribution in [0.3, 0.4) is 0 Å². The second kappa shape index (κ2) is 5.77. The lowest BCUT2D eigenvalue weighted by Gasteiger charge is -2.03. The predicted octanol–water partition coefficient (Wildman–Crippen LogP) is 0.930. The van der Waals surface area contributed by atoms with Crippen LogP contribution in [0.5, 0.6) is 0 Å². The number of hydrogen-bond donors (Lipinski definition) is 0. The van der Waals surface area contributed by atoms with E-state index in [2.05, 4.69) is 4.74 Å². The highest BCUT2D eigenvalue weighted by atomic mass is 32.2. The van der Waals surface area contributed by atoms with Crippen LogP contribution in [0.15, 0.2) is 30.3 Å². The molecule has 0 amide bonds. The average molecular weight is 242 g/mol. The van der Waals surface area contributed by atoms with Gasteiger partial charge in [0.2, 0.25) is 0 Å². The molecule has 0 saturated carbocycles.